The third-order valence-corrected chi connectivity index (χ3v) is 7.89. The Morgan fingerprint density at radius 2 is 1.82 bits per heavy atom. The van der Waals surface area contributed by atoms with Crippen LogP contribution in [0.3, 0.4) is 0 Å². The van der Waals surface area contributed by atoms with Crippen molar-refractivity contribution in [1.82, 2.24) is 24.7 Å². The quantitative estimate of drug-likeness (QED) is 0.651. The molecule has 3 aliphatic rings. The average molecular weight is 395 g/mol. The average Bonchev–Trinajstić information content (AvgIpc) is 3.40. The topological polar surface area (TPSA) is 59.7 Å². The number of aromatic nitrogens is 5. The minimum Gasteiger partial charge on any atom is -0.346 e. The molecule has 1 fully saturated rings. The fraction of sp³-hybridized carbons (Fsp3) is 0.619. The second-order valence-electron chi connectivity index (χ2n) is 8.38. The maximum atomic E-state index is 4.82. The zero-order chi connectivity index (χ0) is 18.5. The molecule has 0 bridgehead atoms. The van der Waals surface area contributed by atoms with Gasteiger partial charge in [0.05, 0.1) is 11.4 Å². The van der Waals surface area contributed by atoms with Gasteiger partial charge in [-0.15, -0.1) is 21.5 Å². The lowest BCUT2D eigenvalue weighted by atomic mass is 9.97. The van der Waals surface area contributed by atoms with Crippen LogP contribution in [0.25, 0.3) is 10.2 Å². The first-order valence-electron chi connectivity index (χ1n) is 10.8. The van der Waals surface area contributed by atoms with E-state index in [4.69, 9.17) is 4.98 Å². The maximum Gasteiger partial charge on any atom is 0.155 e. The Bertz CT molecular complexity index is 1020. The van der Waals surface area contributed by atoms with Crippen LogP contribution in [-0.2, 0) is 25.8 Å². The molecule has 0 radical (unpaired) electrons. The first-order valence-corrected chi connectivity index (χ1v) is 11.7. The summed E-state index contributed by atoms with van der Waals surface area (Å²) < 4.78 is 2.41. The van der Waals surface area contributed by atoms with E-state index < -0.39 is 0 Å². The van der Waals surface area contributed by atoms with Gasteiger partial charge in [0.25, 0.3) is 0 Å². The summed E-state index contributed by atoms with van der Waals surface area (Å²) >= 11 is 1.89. The molecule has 5 heterocycles. The first kappa shape index (κ1) is 16.9. The van der Waals surface area contributed by atoms with Gasteiger partial charge >= 0.3 is 0 Å². The Labute approximate surface area is 169 Å². The van der Waals surface area contributed by atoms with E-state index in [9.17, 15) is 0 Å². The van der Waals surface area contributed by atoms with E-state index in [0.717, 1.165) is 37.6 Å². The van der Waals surface area contributed by atoms with Gasteiger partial charge < -0.3 is 9.47 Å². The molecule has 0 saturated carbocycles. The number of rotatable bonds is 2. The Morgan fingerprint density at radius 3 is 2.82 bits per heavy atom. The molecule has 0 aromatic carbocycles. The van der Waals surface area contributed by atoms with E-state index in [1.807, 2.05) is 11.3 Å². The van der Waals surface area contributed by atoms with E-state index in [-0.39, 0.29) is 6.04 Å². The number of aryl methyl sites for hydroxylation is 3. The van der Waals surface area contributed by atoms with E-state index >= 15 is 0 Å². The monoisotopic (exact) mass is 394 g/mol. The second kappa shape index (κ2) is 6.79. The van der Waals surface area contributed by atoms with Crippen LogP contribution in [0.1, 0.15) is 73.1 Å². The van der Waals surface area contributed by atoms with Crippen molar-refractivity contribution >= 4 is 27.4 Å². The SMILES string of the molecule is c1nc(N2CCC[C@H]2c2nnc3n2CCCCC3)c2c3c(sc2n1)CCCC3. The summed E-state index contributed by atoms with van der Waals surface area (Å²) in [4.78, 5) is 14.7. The van der Waals surface area contributed by atoms with Gasteiger partial charge in [-0.3, -0.25) is 0 Å². The molecule has 1 aliphatic carbocycles. The van der Waals surface area contributed by atoms with Crippen molar-refractivity contribution in [3.8, 4) is 0 Å². The summed E-state index contributed by atoms with van der Waals surface area (Å²) in [7, 11) is 0. The highest BCUT2D eigenvalue weighted by Crippen LogP contribution is 2.43. The zero-order valence-corrected chi connectivity index (χ0v) is 17.0. The molecule has 28 heavy (non-hydrogen) atoms. The number of hydrogen-bond acceptors (Lipinski definition) is 6. The first-order chi connectivity index (χ1) is 13.9. The highest BCUT2D eigenvalue weighted by Gasteiger charge is 2.34. The number of fused-ring (bicyclic) bond motifs is 4. The van der Waals surface area contributed by atoms with Crippen LogP contribution in [-0.4, -0.2) is 31.3 Å². The molecule has 0 spiro atoms. The third kappa shape index (κ3) is 2.59. The van der Waals surface area contributed by atoms with Crippen molar-refractivity contribution in [1.29, 1.82) is 0 Å². The lowest BCUT2D eigenvalue weighted by molar-refractivity contribution is 0.558. The second-order valence-corrected chi connectivity index (χ2v) is 9.46. The van der Waals surface area contributed by atoms with Gasteiger partial charge in [0, 0.05) is 24.4 Å². The number of thiophene rings is 1. The van der Waals surface area contributed by atoms with Crippen molar-refractivity contribution in [2.24, 2.45) is 0 Å². The normalized spacial score (nSPS) is 22.3. The van der Waals surface area contributed by atoms with Crippen LogP contribution in [0.5, 0.6) is 0 Å². The largest absolute Gasteiger partial charge is 0.346 e. The van der Waals surface area contributed by atoms with E-state index in [0.29, 0.717) is 0 Å². The molecule has 0 N–H and O–H groups in total. The molecular weight excluding hydrogens is 368 g/mol. The Kier molecular flexibility index (Phi) is 4.10. The molecule has 1 saturated heterocycles. The summed E-state index contributed by atoms with van der Waals surface area (Å²) in [5, 5.41) is 10.6. The standard InChI is InChI=1S/C21H26N6S/c1-2-10-17-24-25-19(27(17)11-5-1)15-8-6-12-26(15)20-18-14-7-3-4-9-16(14)28-21(18)23-13-22-20/h13,15H,1-12H2/t15-/m0/s1. The van der Waals surface area contributed by atoms with Crippen LogP contribution >= 0.6 is 11.3 Å². The summed E-state index contributed by atoms with van der Waals surface area (Å²) in [5.74, 6) is 3.48. The van der Waals surface area contributed by atoms with E-state index in [1.165, 1.54) is 77.8 Å². The van der Waals surface area contributed by atoms with Crippen LogP contribution in [0.15, 0.2) is 6.33 Å². The van der Waals surface area contributed by atoms with Crippen LogP contribution in [0.4, 0.5) is 5.82 Å². The summed E-state index contributed by atoms with van der Waals surface area (Å²) in [6.07, 6.45) is 13.9. The molecule has 3 aromatic heterocycles. The lowest BCUT2D eigenvalue weighted by Crippen LogP contribution is -2.27. The molecule has 146 valence electrons. The van der Waals surface area contributed by atoms with Crippen LogP contribution in [0, 0.1) is 0 Å². The van der Waals surface area contributed by atoms with Gasteiger partial charge in [-0.25, -0.2) is 9.97 Å². The molecule has 0 unspecified atom stereocenters. The van der Waals surface area contributed by atoms with Crippen molar-refractivity contribution in [2.45, 2.75) is 76.8 Å². The third-order valence-electron chi connectivity index (χ3n) is 6.69. The van der Waals surface area contributed by atoms with E-state index in [2.05, 4.69) is 24.6 Å². The number of anilines is 1. The minimum atomic E-state index is 0.289. The fourth-order valence-corrected chi connectivity index (χ4v) is 6.56. The van der Waals surface area contributed by atoms with Gasteiger partial charge in [0.1, 0.15) is 22.8 Å². The van der Waals surface area contributed by atoms with Crippen LogP contribution in [0.2, 0.25) is 0 Å². The smallest absolute Gasteiger partial charge is 0.155 e. The van der Waals surface area contributed by atoms with Crippen molar-refractivity contribution < 1.29 is 0 Å². The summed E-state index contributed by atoms with van der Waals surface area (Å²) in [6, 6.07) is 0.289. The van der Waals surface area contributed by atoms with Gasteiger partial charge in [-0.2, -0.15) is 0 Å². The van der Waals surface area contributed by atoms with Gasteiger partial charge in [0.2, 0.25) is 0 Å². The number of hydrogen-bond donors (Lipinski definition) is 0. The Balaban J connectivity index is 1.45. The van der Waals surface area contributed by atoms with Gasteiger partial charge in [0.15, 0.2) is 5.82 Å². The molecule has 6 rings (SSSR count). The molecule has 1 atom stereocenters. The van der Waals surface area contributed by atoms with Crippen molar-refractivity contribution in [3.63, 3.8) is 0 Å². The van der Waals surface area contributed by atoms with E-state index in [1.54, 1.807) is 6.33 Å². The molecule has 0 amide bonds. The van der Waals surface area contributed by atoms with Crippen molar-refractivity contribution in [3.05, 3.63) is 28.4 Å². The summed E-state index contributed by atoms with van der Waals surface area (Å²) in [5.41, 5.74) is 1.52. The highest BCUT2D eigenvalue weighted by atomic mass is 32.1. The van der Waals surface area contributed by atoms with Crippen LogP contribution < -0.4 is 4.90 Å². The predicted molar refractivity (Wildman–Crippen MR) is 111 cm³/mol. The van der Waals surface area contributed by atoms with Gasteiger partial charge in [-0.05, 0) is 56.9 Å². The Hall–Kier alpha value is -2.02. The highest BCUT2D eigenvalue weighted by molar-refractivity contribution is 7.19. The molecule has 2 aliphatic heterocycles. The number of nitrogens with zero attached hydrogens (tertiary/aromatic N) is 6. The zero-order valence-electron chi connectivity index (χ0n) is 16.2. The van der Waals surface area contributed by atoms with Crippen molar-refractivity contribution in [2.75, 3.05) is 11.4 Å². The fourth-order valence-electron chi connectivity index (χ4n) is 5.33. The molecular formula is C21H26N6S. The molecule has 7 heteroatoms. The summed E-state index contributed by atoms with van der Waals surface area (Å²) in [6.45, 7) is 2.11. The Morgan fingerprint density at radius 1 is 0.893 bits per heavy atom. The maximum absolute atomic E-state index is 4.82. The van der Waals surface area contributed by atoms with Gasteiger partial charge in [-0.1, -0.05) is 6.42 Å². The minimum absolute atomic E-state index is 0.289. The molecule has 3 aromatic rings. The molecule has 6 nitrogen and oxygen atoms in total. The predicted octanol–water partition coefficient (Wildman–Crippen LogP) is 4.23. The lowest BCUT2D eigenvalue weighted by Gasteiger charge is -2.26.